The summed E-state index contributed by atoms with van der Waals surface area (Å²) < 4.78 is 0. The lowest BCUT2D eigenvalue weighted by Gasteiger charge is -2.57. The molecule has 0 atom stereocenters. The number of amides is 1. The second kappa shape index (κ2) is 7.24. The first-order valence-electron chi connectivity index (χ1n) is 11.6. The zero-order valence-corrected chi connectivity index (χ0v) is 19.0. The monoisotopic (exact) mass is 445 g/mol. The standard InChI is InChI=1S/C27H27NO3S/c1-16-3-2-4-17(7-16)11-23-25(30)32-26(31)28(23)21-5-6-24(29)22(12-21)27-13-18-8-19(14-27)10-20(9-18)15-27/h2-7,11-12,18-20,29H,8-10,13-15H2,1H3. The number of hydrogen-bond acceptors (Lipinski definition) is 4. The fourth-order valence-electron chi connectivity index (χ4n) is 7.18. The fraction of sp³-hybridized carbons (Fsp3) is 0.407. The van der Waals surface area contributed by atoms with E-state index >= 15 is 0 Å². The van der Waals surface area contributed by atoms with E-state index in [9.17, 15) is 14.7 Å². The van der Waals surface area contributed by atoms with Crippen molar-refractivity contribution in [1.82, 2.24) is 0 Å². The van der Waals surface area contributed by atoms with E-state index in [1.807, 2.05) is 37.3 Å². The van der Waals surface area contributed by atoms with Crippen LogP contribution >= 0.6 is 11.8 Å². The van der Waals surface area contributed by atoms with Gasteiger partial charge in [-0.1, -0.05) is 29.8 Å². The van der Waals surface area contributed by atoms with Gasteiger partial charge >= 0.3 is 0 Å². The van der Waals surface area contributed by atoms with Gasteiger partial charge in [0.05, 0.1) is 5.69 Å². The van der Waals surface area contributed by atoms with Crippen molar-refractivity contribution < 1.29 is 14.7 Å². The number of benzene rings is 2. The van der Waals surface area contributed by atoms with Gasteiger partial charge in [-0.15, -0.1) is 0 Å². The molecule has 0 spiro atoms. The second-order valence-corrected chi connectivity index (χ2v) is 11.3. The number of hydrogen-bond donors (Lipinski definition) is 1. The van der Waals surface area contributed by atoms with Crippen LogP contribution in [0.5, 0.6) is 5.75 Å². The van der Waals surface area contributed by atoms with Crippen molar-refractivity contribution in [3.63, 3.8) is 0 Å². The van der Waals surface area contributed by atoms with Gasteiger partial charge in [-0.2, -0.15) is 0 Å². The molecule has 5 heteroatoms. The molecule has 164 valence electrons. The molecule has 5 fully saturated rings. The molecule has 1 heterocycles. The molecule has 4 saturated carbocycles. The SMILES string of the molecule is Cc1cccc(C=C2C(=O)SC(=O)N2c2ccc(O)c(C34CC5CC(CC(C5)C3)C4)c2)c1. The van der Waals surface area contributed by atoms with Gasteiger partial charge in [0.15, 0.2) is 0 Å². The number of aromatic hydroxyl groups is 1. The van der Waals surface area contributed by atoms with Crippen LogP contribution in [0.3, 0.4) is 0 Å². The number of aryl methyl sites for hydroxylation is 1. The number of phenols is 1. The quantitative estimate of drug-likeness (QED) is 0.555. The van der Waals surface area contributed by atoms with Crippen LogP contribution in [-0.4, -0.2) is 15.5 Å². The molecule has 0 aromatic heterocycles. The van der Waals surface area contributed by atoms with Gasteiger partial charge in [0.2, 0.25) is 5.12 Å². The Kier molecular flexibility index (Phi) is 4.55. The average molecular weight is 446 g/mol. The summed E-state index contributed by atoms with van der Waals surface area (Å²) in [7, 11) is 0. The number of carbonyl (C=O) groups excluding carboxylic acids is 2. The zero-order chi connectivity index (χ0) is 22.0. The molecule has 7 rings (SSSR count). The maximum atomic E-state index is 12.9. The summed E-state index contributed by atoms with van der Waals surface area (Å²) in [5.74, 6) is 2.59. The maximum absolute atomic E-state index is 12.9. The third-order valence-corrected chi connectivity index (χ3v) is 8.76. The summed E-state index contributed by atoms with van der Waals surface area (Å²) in [5.41, 5.74) is 4.04. The molecule has 4 aliphatic carbocycles. The summed E-state index contributed by atoms with van der Waals surface area (Å²) in [6, 6.07) is 13.4. The number of nitrogens with zero attached hydrogens (tertiary/aromatic N) is 1. The summed E-state index contributed by atoms with van der Waals surface area (Å²) in [5, 5.41) is 10.4. The van der Waals surface area contributed by atoms with Crippen LogP contribution < -0.4 is 4.90 Å². The number of rotatable bonds is 3. The molecule has 4 nitrogen and oxygen atoms in total. The van der Waals surface area contributed by atoms with Gasteiger partial charge in [0.1, 0.15) is 11.4 Å². The fourth-order valence-corrected chi connectivity index (χ4v) is 7.89. The lowest BCUT2D eigenvalue weighted by molar-refractivity contribution is -0.107. The first kappa shape index (κ1) is 20.1. The van der Waals surface area contributed by atoms with Gasteiger partial charge in [-0.3, -0.25) is 14.5 Å². The van der Waals surface area contributed by atoms with Crippen molar-refractivity contribution in [1.29, 1.82) is 0 Å². The first-order valence-corrected chi connectivity index (χ1v) is 12.4. The Labute approximate surface area is 192 Å². The van der Waals surface area contributed by atoms with Crippen molar-refractivity contribution in [2.75, 3.05) is 4.90 Å². The molecule has 0 radical (unpaired) electrons. The van der Waals surface area contributed by atoms with Crippen LogP contribution in [0.1, 0.15) is 55.2 Å². The van der Waals surface area contributed by atoms with Crippen LogP contribution in [0.2, 0.25) is 0 Å². The molecular weight excluding hydrogens is 418 g/mol. The Morgan fingerprint density at radius 2 is 1.69 bits per heavy atom. The van der Waals surface area contributed by atoms with Gasteiger partial charge in [0.25, 0.3) is 5.24 Å². The van der Waals surface area contributed by atoms with Crippen LogP contribution in [0.4, 0.5) is 10.5 Å². The predicted molar refractivity (Wildman–Crippen MR) is 128 cm³/mol. The maximum Gasteiger partial charge on any atom is 0.298 e. The van der Waals surface area contributed by atoms with Gasteiger partial charge in [0, 0.05) is 17.3 Å². The third-order valence-electron chi connectivity index (χ3n) is 8.01. The van der Waals surface area contributed by atoms with Crippen molar-refractivity contribution in [3.05, 3.63) is 64.9 Å². The van der Waals surface area contributed by atoms with E-state index < -0.39 is 0 Å². The number of thioether (sulfide) groups is 1. The highest BCUT2D eigenvalue weighted by atomic mass is 32.2. The molecule has 32 heavy (non-hydrogen) atoms. The molecule has 4 bridgehead atoms. The minimum absolute atomic E-state index is 0.00911. The van der Waals surface area contributed by atoms with Crippen LogP contribution in [-0.2, 0) is 10.2 Å². The largest absolute Gasteiger partial charge is 0.508 e. The van der Waals surface area contributed by atoms with Crippen LogP contribution in [0.15, 0.2) is 48.2 Å². The minimum atomic E-state index is -0.281. The van der Waals surface area contributed by atoms with Crippen molar-refractivity contribution in [2.24, 2.45) is 17.8 Å². The average Bonchev–Trinajstić information content (AvgIpc) is 3.00. The van der Waals surface area contributed by atoms with Crippen LogP contribution in [0, 0.1) is 24.7 Å². The second-order valence-electron chi connectivity index (χ2n) is 10.3. The van der Waals surface area contributed by atoms with Crippen molar-refractivity contribution in [3.8, 4) is 5.75 Å². The lowest BCUT2D eigenvalue weighted by Crippen LogP contribution is -2.48. The zero-order valence-electron chi connectivity index (χ0n) is 18.2. The van der Waals surface area contributed by atoms with Crippen molar-refractivity contribution in [2.45, 2.75) is 50.9 Å². The normalized spacial score (nSPS) is 32.3. The Morgan fingerprint density at radius 3 is 2.34 bits per heavy atom. The molecule has 1 N–H and O–H groups in total. The van der Waals surface area contributed by atoms with E-state index in [1.54, 1.807) is 18.2 Å². The first-order chi connectivity index (χ1) is 15.4. The van der Waals surface area contributed by atoms with E-state index in [4.69, 9.17) is 0 Å². The Morgan fingerprint density at radius 1 is 1.00 bits per heavy atom. The van der Waals surface area contributed by atoms with Gasteiger partial charge < -0.3 is 5.11 Å². The topological polar surface area (TPSA) is 57.6 Å². The highest BCUT2D eigenvalue weighted by Gasteiger charge is 2.52. The van der Waals surface area contributed by atoms with E-state index in [2.05, 4.69) is 0 Å². The molecule has 2 aromatic carbocycles. The Bertz CT molecular complexity index is 1130. The smallest absolute Gasteiger partial charge is 0.298 e. The predicted octanol–water partition coefficient (Wildman–Crippen LogP) is 6.41. The van der Waals surface area contributed by atoms with Crippen LogP contribution in [0.25, 0.3) is 6.08 Å². The van der Waals surface area contributed by atoms with E-state index in [0.717, 1.165) is 65.5 Å². The summed E-state index contributed by atoms with van der Waals surface area (Å²) in [4.78, 5) is 27.1. The molecule has 5 aliphatic rings. The molecular formula is C27H27NO3S. The third kappa shape index (κ3) is 3.21. The van der Waals surface area contributed by atoms with Gasteiger partial charge in [-0.05, 0) is 98.5 Å². The van der Waals surface area contributed by atoms with Crippen molar-refractivity contribution >= 4 is 33.9 Å². The molecule has 1 saturated heterocycles. The number of anilines is 1. The molecule has 0 unspecified atom stereocenters. The molecule has 2 aromatic rings. The highest BCUT2D eigenvalue weighted by Crippen LogP contribution is 2.62. The Balaban J connectivity index is 1.42. The lowest BCUT2D eigenvalue weighted by atomic mass is 9.48. The Hall–Kier alpha value is -2.53. The van der Waals surface area contributed by atoms with E-state index in [0.29, 0.717) is 17.1 Å². The summed E-state index contributed by atoms with van der Waals surface area (Å²) in [6.45, 7) is 2.01. The number of carbonyl (C=O) groups is 2. The number of phenolic OH excluding ortho intramolecular Hbond substituents is 1. The summed E-state index contributed by atoms with van der Waals surface area (Å²) >= 11 is 0.742. The minimum Gasteiger partial charge on any atom is -0.508 e. The molecule has 1 aliphatic heterocycles. The van der Waals surface area contributed by atoms with E-state index in [-0.39, 0.29) is 15.8 Å². The van der Waals surface area contributed by atoms with Gasteiger partial charge in [-0.25, -0.2) is 0 Å². The summed E-state index contributed by atoms with van der Waals surface area (Å²) in [6.07, 6.45) is 9.18. The highest BCUT2D eigenvalue weighted by molar-refractivity contribution is 8.27. The van der Waals surface area contributed by atoms with E-state index in [1.165, 1.54) is 24.2 Å². The molecule has 1 amide bonds.